The first-order valence-corrected chi connectivity index (χ1v) is 10.3. The number of halogens is 2. The summed E-state index contributed by atoms with van der Waals surface area (Å²) in [5.41, 5.74) is 6.26. The molecule has 1 aliphatic carbocycles. The Hall–Kier alpha value is -3.49. The molecule has 1 fully saturated rings. The van der Waals surface area contributed by atoms with Crippen LogP contribution in [0.25, 0.3) is 0 Å². The summed E-state index contributed by atoms with van der Waals surface area (Å²) in [7, 11) is 1.56. The highest BCUT2D eigenvalue weighted by Gasteiger charge is 2.74. The molecule has 3 aliphatic rings. The molecular formula is C23H23F2N5O2. The standard InChI is InChI=1S/C23H23F2N5O2/c1-12(31)30-10-18(15-6-4-13(24)8-19(15)30)27-14-5-7-17(25)16(9-14)23-11-22(23,2)20(32)29(3)21(26)28-23/h4-9,18,27H,10-11H2,1-3H3,(H2,26,28)/t18?,22?,23-/m1/s1. The molecule has 2 unspecified atom stereocenters. The number of benzene rings is 2. The molecule has 3 N–H and O–H groups in total. The molecule has 1 saturated carbocycles. The van der Waals surface area contributed by atoms with E-state index in [9.17, 15) is 18.4 Å². The fourth-order valence-corrected chi connectivity index (χ4v) is 5.06. The molecule has 9 heteroatoms. The van der Waals surface area contributed by atoms with Crippen molar-refractivity contribution in [1.82, 2.24) is 4.90 Å². The quantitative estimate of drug-likeness (QED) is 0.770. The molecule has 2 amide bonds. The lowest BCUT2D eigenvalue weighted by Gasteiger charge is -2.30. The zero-order chi connectivity index (χ0) is 23.0. The van der Waals surface area contributed by atoms with E-state index in [-0.39, 0.29) is 23.8 Å². The fraction of sp³-hybridized carbons (Fsp3) is 0.348. The predicted molar refractivity (Wildman–Crippen MR) is 116 cm³/mol. The number of nitrogens with two attached hydrogens (primary N) is 1. The number of hydrogen-bond donors (Lipinski definition) is 2. The Morgan fingerprint density at radius 3 is 2.72 bits per heavy atom. The number of guanidine groups is 1. The monoisotopic (exact) mass is 439 g/mol. The number of anilines is 2. The van der Waals surface area contributed by atoms with Crippen molar-refractivity contribution in [2.24, 2.45) is 16.1 Å². The van der Waals surface area contributed by atoms with Crippen molar-refractivity contribution >= 4 is 29.1 Å². The summed E-state index contributed by atoms with van der Waals surface area (Å²) in [6.07, 6.45) is 0.369. The van der Waals surface area contributed by atoms with Crippen LogP contribution in [-0.2, 0) is 15.1 Å². The summed E-state index contributed by atoms with van der Waals surface area (Å²) in [5, 5.41) is 3.33. The minimum atomic E-state index is -1.04. The third kappa shape index (κ3) is 2.66. The van der Waals surface area contributed by atoms with E-state index in [0.717, 1.165) is 5.56 Å². The van der Waals surface area contributed by atoms with Crippen LogP contribution >= 0.6 is 0 Å². The molecule has 7 nitrogen and oxygen atoms in total. The molecule has 2 heterocycles. The lowest BCUT2D eigenvalue weighted by Crippen LogP contribution is -2.48. The van der Waals surface area contributed by atoms with Crippen molar-refractivity contribution in [2.75, 3.05) is 23.8 Å². The van der Waals surface area contributed by atoms with Crippen molar-refractivity contribution in [2.45, 2.75) is 31.8 Å². The number of amides is 2. The van der Waals surface area contributed by atoms with Gasteiger partial charge in [-0.2, -0.15) is 0 Å². The molecule has 2 aliphatic heterocycles. The van der Waals surface area contributed by atoms with Crippen molar-refractivity contribution in [1.29, 1.82) is 0 Å². The minimum absolute atomic E-state index is 0.0617. The average Bonchev–Trinajstić information content (AvgIpc) is 3.21. The Balaban J connectivity index is 1.51. The maximum absolute atomic E-state index is 15.0. The second-order valence-electron chi connectivity index (χ2n) is 8.93. The van der Waals surface area contributed by atoms with E-state index < -0.39 is 22.6 Å². The molecule has 0 bridgehead atoms. The summed E-state index contributed by atoms with van der Waals surface area (Å²) in [5.74, 6) is -1.21. The van der Waals surface area contributed by atoms with E-state index in [4.69, 9.17) is 5.73 Å². The van der Waals surface area contributed by atoms with E-state index in [2.05, 4.69) is 10.3 Å². The molecule has 5 rings (SSSR count). The topological polar surface area (TPSA) is 91.0 Å². The fourth-order valence-electron chi connectivity index (χ4n) is 5.06. The van der Waals surface area contributed by atoms with Gasteiger partial charge in [0.1, 0.15) is 17.2 Å². The zero-order valence-corrected chi connectivity index (χ0v) is 17.9. The van der Waals surface area contributed by atoms with E-state index >= 15 is 0 Å². The third-order valence-corrected chi connectivity index (χ3v) is 6.98. The number of aliphatic imine (C=N–C) groups is 1. The lowest BCUT2D eigenvalue weighted by molar-refractivity contribution is -0.133. The molecule has 0 spiro atoms. The second kappa shape index (κ2) is 6.51. The molecule has 0 radical (unpaired) electrons. The Bertz CT molecular complexity index is 1210. The molecule has 2 aromatic carbocycles. The first kappa shape index (κ1) is 20.4. The first-order chi connectivity index (χ1) is 15.1. The van der Waals surface area contributed by atoms with Crippen LogP contribution in [0.2, 0.25) is 0 Å². The van der Waals surface area contributed by atoms with Crippen molar-refractivity contribution in [3.8, 4) is 0 Å². The van der Waals surface area contributed by atoms with Gasteiger partial charge in [-0.05, 0) is 43.7 Å². The number of carbonyl (C=O) groups excluding carboxylic acids is 2. The van der Waals surface area contributed by atoms with Gasteiger partial charge in [-0.3, -0.25) is 14.5 Å². The van der Waals surface area contributed by atoms with Gasteiger partial charge in [-0.1, -0.05) is 6.07 Å². The van der Waals surface area contributed by atoms with Crippen molar-refractivity contribution in [3.05, 3.63) is 59.2 Å². The highest BCUT2D eigenvalue weighted by Crippen LogP contribution is 2.68. The summed E-state index contributed by atoms with van der Waals surface area (Å²) in [6.45, 7) is 3.52. The molecule has 3 atom stereocenters. The van der Waals surface area contributed by atoms with Crippen LogP contribution in [-0.4, -0.2) is 36.3 Å². The smallest absolute Gasteiger partial charge is 0.237 e. The van der Waals surface area contributed by atoms with E-state index in [0.29, 0.717) is 29.9 Å². The molecular weight excluding hydrogens is 416 g/mol. The van der Waals surface area contributed by atoms with Gasteiger partial charge in [-0.25, -0.2) is 13.8 Å². The Kier molecular flexibility index (Phi) is 4.15. The number of carbonyl (C=O) groups is 2. The highest BCUT2D eigenvalue weighted by molar-refractivity contribution is 6.04. The number of rotatable bonds is 3. The number of fused-ring (bicyclic) bond motifs is 2. The average molecular weight is 439 g/mol. The van der Waals surface area contributed by atoms with Crippen LogP contribution in [0.15, 0.2) is 41.4 Å². The van der Waals surface area contributed by atoms with Crippen LogP contribution < -0.4 is 16.0 Å². The molecule has 0 saturated heterocycles. The van der Waals surface area contributed by atoms with Crippen molar-refractivity contribution in [3.63, 3.8) is 0 Å². The van der Waals surface area contributed by atoms with Gasteiger partial charge < -0.3 is 16.0 Å². The number of nitrogens with one attached hydrogen (secondary N) is 1. The molecule has 0 aromatic heterocycles. The van der Waals surface area contributed by atoms with Crippen molar-refractivity contribution < 1.29 is 18.4 Å². The zero-order valence-electron chi connectivity index (χ0n) is 17.9. The summed E-state index contributed by atoms with van der Waals surface area (Å²) >= 11 is 0. The largest absolute Gasteiger partial charge is 0.376 e. The Labute approximate surface area is 183 Å². The van der Waals surface area contributed by atoms with E-state index in [1.807, 2.05) is 0 Å². The SMILES string of the molecule is CC(=O)N1CC(Nc2ccc(F)c([C@]34CC3(C)C(=O)N(C)C(N)=N4)c2)c2ccc(F)cc21. The van der Waals surface area contributed by atoms with Gasteiger partial charge in [0, 0.05) is 30.8 Å². The minimum Gasteiger partial charge on any atom is -0.376 e. The Morgan fingerprint density at radius 2 is 2.00 bits per heavy atom. The molecule has 166 valence electrons. The first-order valence-electron chi connectivity index (χ1n) is 10.3. The summed E-state index contributed by atoms with van der Waals surface area (Å²) in [6, 6.07) is 8.61. The van der Waals surface area contributed by atoms with Gasteiger partial charge in [0.15, 0.2) is 5.96 Å². The predicted octanol–water partition coefficient (Wildman–Crippen LogP) is 2.88. The van der Waals surface area contributed by atoms with Crippen LogP contribution in [0.5, 0.6) is 0 Å². The van der Waals surface area contributed by atoms with Gasteiger partial charge in [-0.15, -0.1) is 0 Å². The molecule has 32 heavy (non-hydrogen) atoms. The summed E-state index contributed by atoms with van der Waals surface area (Å²) < 4.78 is 28.7. The highest BCUT2D eigenvalue weighted by atomic mass is 19.1. The van der Waals surface area contributed by atoms with Crippen LogP contribution in [0.4, 0.5) is 20.2 Å². The van der Waals surface area contributed by atoms with Gasteiger partial charge in [0.2, 0.25) is 11.8 Å². The summed E-state index contributed by atoms with van der Waals surface area (Å²) in [4.78, 5) is 32.2. The van der Waals surface area contributed by atoms with Crippen LogP contribution in [0, 0.1) is 17.0 Å². The van der Waals surface area contributed by atoms with Gasteiger partial charge >= 0.3 is 0 Å². The lowest BCUT2D eigenvalue weighted by atomic mass is 9.92. The maximum atomic E-state index is 15.0. The molecule has 2 aromatic rings. The normalized spacial score (nSPS) is 28.2. The Morgan fingerprint density at radius 1 is 1.25 bits per heavy atom. The van der Waals surface area contributed by atoms with E-state index in [1.165, 1.54) is 34.9 Å². The second-order valence-corrected chi connectivity index (χ2v) is 8.93. The van der Waals surface area contributed by atoms with E-state index in [1.54, 1.807) is 32.2 Å². The number of nitrogens with zero attached hydrogens (tertiary/aromatic N) is 3. The number of hydrogen-bond acceptors (Lipinski definition) is 5. The van der Waals surface area contributed by atoms with Crippen LogP contribution in [0.3, 0.4) is 0 Å². The third-order valence-electron chi connectivity index (χ3n) is 6.98. The van der Waals surface area contributed by atoms with Crippen LogP contribution in [0.1, 0.15) is 37.4 Å². The maximum Gasteiger partial charge on any atom is 0.237 e. The van der Waals surface area contributed by atoms with Gasteiger partial charge in [0.25, 0.3) is 0 Å². The van der Waals surface area contributed by atoms with Gasteiger partial charge in [0.05, 0.1) is 23.7 Å².